The predicted molar refractivity (Wildman–Crippen MR) is 81.9 cm³/mol. The first-order valence-corrected chi connectivity index (χ1v) is 7.00. The molecular weight excluding hydrogens is 284 g/mol. The molecule has 1 aromatic heterocycles. The second kappa shape index (κ2) is 6.89. The maximum absolute atomic E-state index is 11.7. The van der Waals surface area contributed by atoms with Gasteiger partial charge in [-0.05, 0) is 32.9 Å². The molecule has 0 aliphatic heterocycles. The van der Waals surface area contributed by atoms with E-state index in [2.05, 4.69) is 10.3 Å². The van der Waals surface area contributed by atoms with Crippen molar-refractivity contribution in [2.75, 3.05) is 0 Å². The van der Waals surface area contributed by atoms with Gasteiger partial charge in [0.15, 0.2) is 11.7 Å². The summed E-state index contributed by atoms with van der Waals surface area (Å²) in [6, 6.07) is 7.28. The van der Waals surface area contributed by atoms with E-state index in [1.807, 2.05) is 32.0 Å². The first kappa shape index (κ1) is 15.8. The van der Waals surface area contributed by atoms with Crippen LogP contribution in [-0.4, -0.2) is 29.0 Å². The number of nitrogens with zero attached hydrogens (tertiary/aromatic N) is 1. The van der Waals surface area contributed by atoms with Crippen LogP contribution in [0.1, 0.15) is 26.7 Å². The average Bonchev–Trinajstić information content (AvgIpc) is 2.87. The van der Waals surface area contributed by atoms with Crippen LogP contribution in [0, 0.1) is 0 Å². The number of carbonyl (C=O) groups excluding carboxylic acids is 2. The summed E-state index contributed by atoms with van der Waals surface area (Å²) in [5.74, 6) is -0.662. The molecule has 6 heteroatoms. The summed E-state index contributed by atoms with van der Waals surface area (Å²) in [5.41, 5.74) is 1.35. The summed E-state index contributed by atoms with van der Waals surface area (Å²) < 4.78 is 10.4. The number of hydrogen-bond acceptors (Lipinski definition) is 5. The van der Waals surface area contributed by atoms with Gasteiger partial charge >= 0.3 is 5.97 Å². The molecule has 1 aromatic carbocycles. The molecule has 0 fully saturated rings. The maximum atomic E-state index is 11.7. The molecule has 1 amide bonds. The van der Waals surface area contributed by atoms with Crippen LogP contribution in [0.15, 0.2) is 34.8 Å². The van der Waals surface area contributed by atoms with E-state index >= 15 is 0 Å². The summed E-state index contributed by atoms with van der Waals surface area (Å²) in [5, 5.41) is 2.67. The minimum absolute atomic E-state index is 0.0102. The highest BCUT2D eigenvalue weighted by molar-refractivity contribution is 5.90. The number of hydrogen-bond donors (Lipinski definition) is 1. The van der Waals surface area contributed by atoms with E-state index in [0.29, 0.717) is 17.0 Å². The monoisotopic (exact) mass is 302 g/mol. The molecule has 1 unspecified atom stereocenters. The third-order valence-electron chi connectivity index (χ3n) is 2.77. The number of esters is 1. The average molecular weight is 302 g/mol. The number of oxazole rings is 1. The standard InChI is InChI=1S/C16H18N2O4/c1-10(2)17-16(20)11(3)21-15(19)9-8-14-18-12-6-4-5-7-13(12)22-14/h4-11H,1-3H3,(H,17,20)/b9-8+. The molecule has 0 bridgehead atoms. The fraction of sp³-hybridized carbons (Fsp3) is 0.312. The van der Waals surface area contributed by atoms with Crippen molar-refractivity contribution in [2.24, 2.45) is 0 Å². The second-order valence-electron chi connectivity index (χ2n) is 5.10. The molecule has 6 nitrogen and oxygen atoms in total. The molecule has 0 radical (unpaired) electrons. The van der Waals surface area contributed by atoms with Crippen molar-refractivity contribution < 1.29 is 18.7 Å². The van der Waals surface area contributed by atoms with E-state index in [-0.39, 0.29) is 11.9 Å². The Balaban J connectivity index is 1.94. The van der Waals surface area contributed by atoms with Gasteiger partial charge < -0.3 is 14.5 Å². The van der Waals surface area contributed by atoms with Crippen molar-refractivity contribution in [3.63, 3.8) is 0 Å². The van der Waals surface area contributed by atoms with Crippen LogP contribution in [0.4, 0.5) is 0 Å². The van der Waals surface area contributed by atoms with E-state index in [9.17, 15) is 9.59 Å². The topological polar surface area (TPSA) is 81.4 Å². The van der Waals surface area contributed by atoms with Crippen LogP contribution < -0.4 is 5.32 Å². The largest absolute Gasteiger partial charge is 0.449 e. The summed E-state index contributed by atoms with van der Waals surface area (Å²) in [6.07, 6.45) is 1.74. The van der Waals surface area contributed by atoms with Gasteiger partial charge in [0.1, 0.15) is 5.52 Å². The van der Waals surface area contributed by atoms with Crippen LogP contribution >= 0.6 is 0 Å². The number of para-hydroxylation sites is 2. The smallest absolute Gasteiger partial charge is 0.331 e. The fourth-order valence-corrected chi connectivity index (χ4v) is 1.77. The summed E-state index contributed by atoms with van der Waals surface area (Å²) >= 11 is 0. The van der Waals surface area contributed by atoms with Gasteiger partial charge in [0.25, 0.3) is 5.91 Å². The lowest BCUT2D eigenvalue weighted by molar-refractivity contribution is -0.150. The molecule has 0 aliphatic carbocycles. The van der Waals surface area contributed by atoms with Crippen molar-refractivity contribution in [3.8, 4) is 0 Å². The zero-order valence-corrected chi connectivity index (χ0v) is 12.7. The SMILES string of the molecule is CC(C)NC(=O)C(C)OC(=O)/C=C/c1nc2ccccc2o1. The highest BCUT2D eigenvalue weighted by Crippen LogP contribution is 2.15. The van der Waals surface area contributed by atoms with Gasteiger partial charge in [0.05, 0.1) is 0 Å². The molecule has 0 saturated heterocycles. The maximum Gasteiger partial charge on any atom is 0.331 e. The first-order chi connectivity index (χ1) is 10.5. The highest BCUT2D eigenvalue weighted by Gasteiger charge is 2.17. The molecule has 0 aliphatic rings. The molecule has 116 valence electrons. The number of amides is 1. The van der Waals surface area contributed by atoms with E-state index < -0.39 is 12.1 Å². The Labute approximate surface area is 128 Å². The summed E-state index contributed by atoms with van der Waals surface area (Å²) in [7, 11) is 0. The predicted octanol–water partition coefficient (Wildman–Crippen LogP) is 2.30. The van der Waals surface area contributed by atoms with Gasteiger partial charge in [-0.2, -0.15) is 0 Å². The van der Waals surface area contributed by atoms with Gasteiger partial charge in [-0.25, -0.2) is 9.78 Å². The van der Waals surface area contributed by atoms with E-state index in [4.69, 9.17) is 9.15 Å². The van der Waals surface area contributed by atoms with Gasteiger partial charge in [0.2, 0.25) is 5.89 Å². The number of nitrogens with one attached hydrogen (secondary N) is 1. The van der Waals surface area contributed by atoms with Crippen LogP contribution in [0.5, 0.6) is 0 Å². The summed E-state index contributed by atoms with van der Waals surface area (Å²) in [4.78, 5) is 27.5. The molecule has 1 atom stereocenters. The third-order valence-corrected chi connectivity index (χ3v) is 2.77. The number of carbonyl (C=O) groups is 2. The van der Waals surface area contributed by atoms with Crippen LogP contribution in [-0.2, 0) is 14.3 Å². The van der Waals surface area contributed by atoms with E-state index in [0.717, 1.165) is 0 Å². The molecule has 0 saturated carbocycles. The Kier molecular flexibility index (Phi) is 4.93. The number of benzene rings is 1. The van der Waals surface area contributed by atoms with Gasteiger partial charge in [-0.1, -0.05) is 12.1 Å². The zero-order chi connectivity index (χ0) is 16.1. The quantitative estimate of drug-likeness (QED) is 0.677. The second-order valence-corrected chi connectivity index (χ2v) is 5.10. The Morgan fingerprint density at radius 3 is 2.68 bits per heavy atom. The van der Waals surface area contributed by atoms with Crippen molar-refractivity contribution in [1.82, 2.24) is 10.3 Å². The van der Waals surface area contributed by atoms with Gasteiger partial charge in [-0.15, -0.1) is 0 Å². The lowest BCUT2D eigenvalue weighted by Crippen LogP contribution is -2.39. The number of aromatic nitrogens is 1. The first-order valence-electron chi connectivity index (χ1n) is 7.00. The Bertz CT molecular complexity index is 670. The molecular formula is C16H18N2O4. The lowest BCUT2D eigenvalue weighted by Gasteiger charge is -2.14. The Morgan fingerprint density at radius 1 is 1.27 bits per heavy atom. The molecule has 1 heterocycles. The molecule has 22 heavy (non-hydrogen) atoms. The molecule has 2 rings (SSSR count). The number of ether oxygens (including phenoxy) is 1. The third kappa shape index (κ3) is 4.18. The minimum atomic E-state index is -0.858. The minimum Gasteiger partial charge on any atom is -0.449 e. The highest BCUT2D eigenvalue weighted by atomic mass is 16.5. The van der Waals surface area contributed by atoms with Crippen molar-refractivity contribution in [1.29, 1.82) is 0 Å². The molecule has 1 N–H and O–H groups in total. The molecule has 0 spiro atoms. The Hall–Kier alpha value is -2.63. The van der Waals surface area contributed by atoms with Crippen molar-refractivity contribution >= 4 is 29.1 Å². The van der Waals surface area contributed by atoms with Crippen molar-refractivity contribution in [2.45, 2.75) is 32.9 Å². The van der Waals surface area contributed by atoms with E-state index in [1.165, 1.54) is 19.1 Å². The molecule has 2 aromatic rings. The van der Waals surface area contributed by atoms with Gasteiger partial charge in [-0.3, -0.25) is 4.79 Å². The number of fused-ring (bicyclic) bond motifs is 1. The Morgan fingerprint density at radius 2 is 2.00 bits per heavy atom. The zero-order valence-electron chi connectivity index (χ0n) is 12.7. The van der Waals surface area contributed by atoms with Gasteiger partial charge in [0, 0.05) is 18.2 Å². The fourth-order valence-electron chi connectivity index (χ4n) is 1.77. The number of rotatable bonds is 5. The lowest BCUT2D eigenvalue weighted by atomic mass is 10.3. The summed E-state index contributed by atoms with van der Waals surface area (Å²) in [6.45, 7) is 5.18. The van der Waals surface area contributed by atoms with Crippen LogP contribution in [0.3, 0.4) is 0 Å². The van der Waals surface area contributed by atoms with Crippen LogP contribution in [0.2, 0.25) is 0 Å². The van der Waals surface area contributed by atoms with Crippen molar-refractivity contribution in [3.05, 3.63) is 36.2 Å². The van der Waals surface area contributed by atoms with E-state index in [1.54, 1.807) is 6.07 Å². The normalized spacial score (nSPS) is 12.7. The van der Waals surface area contributed by atoms with Crippen LogP contribution in [0.25, 0.3) is 17.2 Å².